The van der Waals surface area contributed by atoms with Crippen molar-refractivity contribution in [2.24, 2.45) is 46.5 Å². The second kappa shape index (κ2) is 4.00. The van der Waals surface area contributed by atoms with E-state index >= 15 is 0 Å². The Kier molecular flexibility index (Phi) is 2.26. The fraction of sp³-hybridized carbons (Fsp3) is 0.556. The van der Waals surface area contributed by atoms with Crippen molar-refractivity contribution < 1.29 is 4.79 Å². The van der Waals surface area contributed by atoms with Crippen LogP contribution in [0.4, 0.5) is 10.5 Å². The number of rotatable bonds is 2. The molecule has 0 saturated heterocycles. The van der Waals surface area contributed by atoms with Gasteiger partial charge in [-0.3, -0.25) is 0 Å². The number of nitrogens with zero attached hydrogens (tertiary/aromatic N) is 1. The van der Waals surface area contributed by atoms with Crippen molar-refractivity contribution in [2.75, 3.05) is 5.32 Å². The highest BCUT2D eigenvalue weighted by molar-refractivity contribution is 9.10. The third-order valence-electron chi connectivity index (χ3n) is 7.38. The average Bonchev–Trinajstić information content (AvgIpc) is 3.24. The molecule has 2 amide bonds. The third-order valence-corrected chi connectivity index (χ3v) is 8.72. The van der Waals surface area contributed by atoms with Gasteiger partial charge in [0.15, 0.2) is 0 Å². The van der Waals surface area contributed by atoms with E-state index in [-0.39, 0.29) is 6.03 Å². The Hall–Kier alpha value is -1.36. The number of anilines is 1. The van der Waals surface area contributed by atoms with Gasteiger partial charge in [-0.15, -0.1) is 0 Å². The number of amides is 2. The molecule has 0 spiro atoms. The number of carbonyl (C=O) groups excluding carboxylic acids is 1. The maximum absolute atomic E-state index is 12.1. The SMILES string of the molecule is O=C(N/N=C1/[C@H]2[C@H]3C[C@H]4[C@H]5C[C@](Br)([C@H]42)[C@H]1[C@H]53)Nc1ccccc1. The number of halogens is 1. The molecule has 6 aliphatic carbocycles. The predicted octanol–water partition coefficient (Wildman–Crippen LogP) is 3.46. The van der Waals surface area contributed by atoms with Crippen LogP contribution in [0.2, 0.25) is 0 Å². The second-order valence-corrected chi connectivity index (χ2v) is 9.41. The number of urea groups is 1. The lowest BCUT2D eigenvalue weighted by molar-refractivity contribution is 0.149. The van der Waals surface area contributed by atoms with Crippen molar-refractivity contribution in [3.63, 3.8) is 0 Å². The molecule has 6 saturated carbocycles. The van der Waals surface area contributed by atoms with E-state index in [9.17, 15) is 4.79 Å². The van der Waals surface area contributed by atoms with Gasteiger partial charge in [0, 0.05) is 27.6 Å². The van der Waals surface area contributed by atoms with Gasteiger partial charge in [-0.05, 0) is 54.6 Å². The van der Waals surface area contributed by atoms with Gasteiger partial charge in [-0.1, -0.05) is 34.1 Å². The molecule has 5 heteroatoms. The fourth-order valence-corrected chi connectivity index (χ4v) is 8.70. The summed E-state index contributed by atoms with van der Waals surface area (Å²) in [6, 6.07) is 9.26. The molecule has 23 heavy (non-hydrogen) atoms. The van der Waals surface area contributed by atoms with Crippen LogP contribution in [-0.2, 0) is 0 Å². The Morgan fingerprint density at radius 2 is 2.04 bits per heavy atom. The van der Waals surface area contributed by atoms with Crippen LogP contribution < -0.4 is 10.7 Å². The first-order valence-electron chi connectivity index (χ1n) is 8.57. The van der Waals surface area contributed by atoms with E-state index in [0.29, 0.717) is 16.2 Å². The lowest BCUT2D eigenvalue weighted by Crippen LogP contribution is -2.39. The number of alkyl halides is 1. The van der Waals surface area contributed by atoms with Crippen LogP contribution in [0.25, 0.3) is 0 Å². The zero-order chi connectivity index (χ0) is 15.3. The van der Waals surface area contributed by atoms with Crippen LogP contribution in [0.1, 0.15) is 12.8 Å². The minimum atomic E-state index is -0.245. The van der Waals surface area contributed by atoms with Crippen LogP contribution in [0.15, 0.2) is 35.4 Å². The minimum absolute atomic E-state index is 0.245. The molecule has 0 heterocycles. The fourth-order valence-electron chi connectivity index (χ4n) is 7.16. The number of hydrogen-bond donors (Lipinski definition) is 2. The molecule has 7 rings (SSSR count). The normalized spacial score (nSPS) is 51.3. The van der Waals surface area contributed by atoms with Gasteiger partial charge in [0.1, 0.15) is 0 Å². The molecule has 2 N–H and O–H groups in total. The summed E-state index contributed by atoms with van der Waals surface area (Å²) in [6.45, 7) is 0. The van der Waals surface area contributed by atoms with Gasteiger partial charge >= 0.3 is 6.03 Å². The van der Waals surface area contributed by atoms with Gasteiger partial charge in [0.2, 0.25) is 0 Å². The summed E-state index contributed by atoms with van der Waals surface area (Å²) < 4.78 is 0.307. The van der Waals surface area contributed by atoms with E-state index in [2.05, 4.69) is 31.8 Å². The predicted molar refractivity (Wildman–Crippen MR) is 91.4 cm³/mol. The average molecular weight is 372 g/mol. The standard InChI is InChI=1S/C18H18BrN3O/c19-18-7-11-9-6-10-12(11)15(18)16(13(10)14(9)18)21-22-17(23)20-8-4-2-1-3-5-8/h1-5,9-15H,6-7H2,(H2,20,22,23)/b21-16-/t9-,10-,11+,12-,13-,14+,15-,18-/m0/s1. The zero-order valence-electron chi connectivity index (χ0n) is 12.6. The summed E-state index contributed by atoms with van der Waals surface area (Å²) >= 11 is 4.11. The maximum atomic E-state index is 12.1. The molecule has 0 radical (unpaired) electrons. The third kappa shape index (κ3) is 1.36. The van der Waals surface area contributed by atoms with E-state index in [4.69, 9.17) is 0 Å². The van der Waals surface area contributed by atoms with Crippen molar-refractivity contribution in [1.82, 2.24) is 5.43 Å². The van der Waals surface area contributed by atoms with Crippen LogP contribution in [0, 0.1) is 41.4 Å². The first-order chi connectivity index (χ1) is 11.2. The summed E-state index contributed by atoms with van der Waals surface area (Å²) in [6.07, 6.45) is 2.74. The Morgan fingerprint density at radius 3 is 2.83 bits per heavy atom. The van der Waals surface area contributed by atoms with Crippen LogP contribution >= 0.6 is 15.9 Å². The van der Waals surface area contributed by atoms with Crippen LogP contribution in [-0.4, -0.2) is 16.1 Å². The summed E-state index contributed by atoms with van der Waals surface area (Å²) in [5.74, 6) is 5.53. The Balaban J connectivity index is 1.25. The van der Waals surface area contributed by atoms with Crippen molar-refractivity contribution in [3.05, 3.63) is 30.3 Å². The summed E-state index contributed by atoms with van der Waals surface area (Å²) in [4.78, 5) is 12.1. The lowest BCUT2D eigenvalue weighted by atomic mass is 9.71. The lowest BCUT2D eigenvalue weighted by Gasteiger charge is -2.37. The van der Waals surface area contributed by atoms with Crippen molar-refractivity contribution in [3.8, 4) is 0 Å². The van der Waals surface area contributed by atoms with Gasteiger partial charge in [-0.25, -0.2) is 10.2 Å². The van der Waals surface area contributed by atoms with E-state index in [1.165, 1.54) is 18.6 Å². The Labute approximate surface area is 143 Å². The molecule has 8 atom stereocenters. The number of hydrogen-bond acceptors (Lipinski definition) is 2. The van der Waals surface area contributed by atoms with Crippen molar-refractivity contribution in [2.45, 2.75) is 17.2 Å². The molecule has 1 aromatic rings. The summed E-state index contributed by atoms with van der Waals surface area (Å²) in [7, 11) is 0. The largest absolute Gasteiger partial charge is 0.339 e. The maximum Gasteiger partial charge on any atom is 0.339 e. The van der Waals surface area contributed by atoms with Crippen molar-refractivity contribution >= 4 is 33.4 Å². The quantitative estimate of drug-likeness (QED) is 0.606. The minimum Gasteiger partial charge on any atom is -0.307 e. The van der Waals surface area contributed by atoms with Gasteiger partial charge in [0.05, 0.1) is 0 Å². The zero-order valence-corrected chi connectivity index (χ0v) is 14.2. The molecule has 4 nitrogen and oxygen atoms in total. The smallest absolute Gasteiger partial charge is 0.307 e. The Bertz CT molecular complexity index is 750. The van der Waals surface area contributed by atoms with Crippen LogP contribution in [0.3, 0.4) is 0 Å². The first kappa shape index (κ1) is 13.0. The van der Waals surface area contributed by atoms with E-state index in [1.807, 2.05) is 30.3 Å². The van der Waals surface area contributed by atoms with E-state index in [0.717, 1.165) is 35.3 Å². The number of carbonyl (C=O) groups is 1. The molecule has 1 aromatic carbocycles. The monoisotopic (exact) mass is 371 g/mol. The molecular formula is C18H18BrN3O. The van der Waals surface area contributed by atoms with Crippen molar-refractivity contribution in [1.29, 1.82) is 0 Å². The van der Waals surface area contributed by atoms with Gasteiger partial charge in [-0.2, -0.15) is 5.10 Å². The summed E-state index contributed by atoms with van der Waals surface area (Å²) in [5.41, 5.74) is 4.83. The first-order valence-corrected chi connectivity index (χ1v) is 9.36. The van der Waals surface area contributed by atoms with Gasteiger partial charge in [0.25, 0.3) is 0 Å². The molecular weight excluding hydrogens is 354 g/mol. The number of hydrazone groups is 1. The molecule has 0 unspecified atom stereocenters. The van der Waals surface area contributed by atoms with E-state index < -0.39 is 0 Å². The second-order valence-electron chi connectivity index (χ2n) is 7.93. The molecule has 6 bridgehead atoms. The van der Waals surface area contributed by atoms with E-state index in [1.54, 1.807) is 0 Å². The molecule has 0 aromatic heterocycles. The number of para-hydroxylation sites is 1. The Morgan fingerprint density at radius 1 is 1.22 bits per heavy atom. The van der Waals surface area contributed by atoms with Crippen LogP contribution in [0.5, 0.6) is 0 Å². The number of nitrogens with one attached hydrogen (secondary N) is 2. The molecule has 0 aliphatic heterocycles. The highest BCUT2D eigenvalue weighted by Crippen LogP contribution is 2.85. The summed E-state index contributed by atoms with van der Waals surface area (Å²) in [5, 5.41) is 7.45. The molecule has 6 fully saturated rings. The highest BCUT2D eigenvalue weighted by atomic mass is 79.9. The number of benzene rings is 1. The molecule has 118 valence electrons. The topological polar surface area (TPSA) is 53.5 Å². The highest BCUT2D eigenvalue weighted by Gasteiger charge is 2.84. The van der Waals surface area contributed by atoms with Gasteiger partial charge < -0.3 is 5.32 Å². The molecule has 6 aliphatic rings.